The van der Waals surface area contributed by atoms with E-state index in [-0.39, 0.29) is 24.2 Å². The number of hydrogen-bond donors (Lipinski definition) is 0. The van der Waals surface area contributed by atoms with Gasteiger partial charge in [-0.25, -0.2) is 0 Å². The minimum Gasteiger partial charge on any atom is -0.335 e. The molecule has 1 aromatic rings. The summed E-state index contributed by atoms with van der Waals surface area (Å²) in [4.78, 5) is 26.0. The molecule has 19 heavy (non-hydrogen) atoms. The normalized spacial score (nSPS) is 19.6. The van der Waals surface area contributed by atoms with E-state index < -0.39 is 0 Å². The number of ketones is 1. The first-order valence-corrected chi connectivity index (χ1v) is 6.88. The molecule has 1 fully saturated rings. The summed E-state index contributed by atoms with van der Waals surface area (Å²) >= 11 is 0. The Hall–Kier alpha value is -1.64. The SMILES string of the molecule is Cc1ccc(C(=O)CN2CCCC(C)C2=O)c(C)c1. The standard InChI is InChI=1S/C16H21NO2/c1-11-6-7-14(13(3)9-11)15(18)10-17-8-4-5-12(2)16(17)19/h6-7,9,12H,4-5,8,10H2,1-3H3. The summed E-state index contributed by atoms with van der Waals surface area (Å²) < 4.78 is 0. The molecule has 1 atom stereocenters. The summed E-state index contributed by atoms with van der Waals surface area (Å²) in [6.07, 6.45) is 1.93. The molecule has 1 unspecified atom stereocenters. The summed E-state index contributed by atoms with van der Waals surface area (Å²) in [5.41, 5.74) is 2.87. The highest BCUT2D eigenvalue weighted by atomic mass is 16.2. The van der Waals surface area contributed by atoms with Crippen LogP contribution in [0.1, 0.15) is 41.3 Å². The monoisotopic (exact) mass is 259 g/mol. The van der Waals surface area contributed by atoms with Crippen LogP contribution in [-0.2, 0) is 4.79 Å². The van der Waals surface area contributed by atoms with E-state index in [0.29, 0.717) is 6.54 Å². The molecule has 0 N–H and O–H groups in total. The van der Waals surface area contributed by atoms with Crippen molar-refractivity contribution >= 4 is 11.7 Å². The van der Waals surface area contributed by atoms with Crippen LogP contribution in [0.3, 0.4) is 0 Å². The molecule has 1 aliphatic rings. The highest BCUT2D eigenvalue weighted by molar-refractivity contribution is 6.00. The highest BCUT2D eigenvalue weighted by Gasteiger charge is 2.27. The van der Waals surface area contributed by atoms with E-state index in [0.717, 1.165) is 29.5 Å². The maximum atomic E-state index is 12.3. The number of carbonyl (C=O) groups is 2. The molecular weight excluding hydrogens is 238 g/mol. The molecule has 0 bridgehead atoms. The number of nitrogens with zero attached hydrogens (tertiary/aromatic N) is 1. The topological polar surface area (TPSA) is 37.4 Å². The first kappa shape index (κ1) is 13.8. The Kier molecular flexibility index (Phi) is 4.03. The smallest absolute Gasteiger partial charge is 0.225 e. The van der Waals surface area contributed by atoms with E-state index in [9.17, 15) is 9.59 Å². The van der Waals surface area contributed by atoms with E-state index in [4.69, 9.17) is 0 Å². The van der Waals surface area contributed by atoms with Gasteiger partial charge in [0.05, 0.1) is 6.54 Å². The Balaban J connectivity index is 2.10. The van der Waals surface area contributed by atoms with Crippen LogP contribution in [0.5, 0.6) is 0 Å². The highest BCUT2D eigenvalue weighted by Crippen LogP contribution is 2.18. The molecule has 0 aliphatic carbocycles. The number of likely N-dealkylation sites (tertiary alicyclic amines) is 1. The Labute approximate surface area is 114 Å². The quantitative estimate of drug-likeness (QED) is 0.783. The number of hydrogen-bond acceptors (Lipinski definition) is 2. The lowest BCUT2D eigenvalue weighted by Gasteiger charge is -2.30. The van der Waals surface area contributed by atoms with Crippen molar-refractivity contribution in [3.8, 4) is 0 Å². The van der Waals surface area contributed by atoms with Gasteiger partial charge in [0.15, 0.2) is 5.78 Å². The van der Waals surface area contributed by atoms with Crippen LogP contribution in [0.4, 0.5) is 0 Å². The fraction of sp³-hybridized carbons (Fsp3) is 0.500. The van der Waals surface area contributed by atoms with Crippen molar-refractivity contribution in [2.45, 2.75) is 33.6 Å². The first-order chi connectivity index (χ1) is 8.99. The van der Waals surface area contributed by atoms with Crippen molar-refractivity contribution in [2.75, 3.05) is 13.1 Å². The fourth-order valence-corrected chi connectivity index (χ4v) is 2.68. The molecule has 1 heterocycles. The van der Waals surface area contributed by atoms with Crippen LogP contribution in [0.2, 0.25) is 0 Å². The molecule has 0 spiro atoms. The number of piperidine rings is 1. The maximum Gasteiger partial charge on any atom is 0.225 e. The maximum absolute atomic E-state index is 12.3. The van der Waals surface area contributed by atoms with E-state index in [2.05, 4.69) is 0 Å². The van der Waals surface area contributed by atoms with Gasteiger partial charge in [0.25, 0.3) is 0 Å². The zero-order valence-electron chi connectivity index (χ0n) is 11.9. The van der Waals surface area contributed by atoms with Crippen LogP contribution in [-0.4, -0.2) is 29.7 Å². The van der Waals surface area contributed by atoms with E-state index >= 15 is 0 Å². The van der Waals surface area contributed by atoms with E-state index in [1.165, 1.54) is 0 Å². The van der Waals surface area contributed by atoms with Crippen molar-refractivity contribution in [1.82, 2.24) is 4.90 Å². The number of Topliss-reactive ketones (excluding diaryl/α,β-unsaturated/α-hetero) is 1. The molecule has 3 heteroatoms. The molecule has 1 aromatic carbocycles. The fourth-order valence-electron chi connectivity index (χ4n) is 2.68. The van der Waals surface area contributed by atoms with Gasteiger partial charge in [-0.05, 0) is 32.3 Å². The second-order valence-corrected chi connectivity index (χ2v) is 5.54. The Morgan fingerprint density at radius 1 is 1.37 bits per heavy atom. The summed E-state index contributed by atoms with van der Waals surface area (Å²) in [6.45, 7) is 6.82. The van der Waals surface area contributed by atoms with Crippen molar-refractivity contribution < 1.29 is 9.59 Å². The lowest BCUT2D eigenvalue weighted by molar-refractivity contribution is -0.137. The Bertz CT molecular complexity index is 507. The van der Waals surface area contributed by atoms with Gasteiger partial charge in [-0.3, -0.25) is 9.59 Å². The first-order valence-electron chi connectivity index (χ1n) is 6.88. The third kappa shape index (κ3) is 3.03. The average molecular weight is 259 g/mol. The molecular formula is C16H21NO2. The van der Waals surface area contributed by atoms with Gasteiger partial charge in [0, 0.05) is 18.0 Å². The summed E-state index contributed by atoms with van der Waals surface area (Å²) in [5.74, 6) is 0.213. The largest absolute Gasteiger partial charge is 0.335 e. The summed E-state index contributed by atoms with van der Waals surface area (Å²) in [7, 11) is 0. The predicted octanol–water partition coefficient (Wildman–Crippen LogP) is 2.74. The Morgan fingerprint density at radius 3 is 2.79 bits per heavy atom. The van der Waals surface area contributed by atoms with Crippen LogP contribution < -0.4 is 0 Å². The molecule has 1 aliphatic heterocycles. The van der Waals surface area contributed by atoms with Crippen molar-refractivity contribution in [3.05, 3.63) is 34.9 Å². The molecule has 0 radical (unpaired) electrons. The molecule has 0 aromatic heterocycles. The summed E-state index contributed by atoms with van der Waals surface area (Å²) in [5, 5.41) is 0. The van der Waals surface area contributed by atoms with Gasteiger partial charge >= 0.3 is 0 Å². The second kappa shape index (κ2) is 5.55. The minimum atomic E-state index is 0.0416. The third-order valence-corrected chi connectivity index (χ3v) is 3.82. The van der Waals surface area contributed by atoms with Gasteiger partial charge in [-0.1, -0.05) is 30.7 Å². The molecule has 1 saturated heterocycles. The minimum absolute atomic E-state index is 0.0416. The zero-order chi connectivity index (χ0) is 14.0. The van der Waals surface area contributed by atoms with Crippen LogP contribution in [0.25, 0.3) is 0 Å². The number of amides is 1. The second-order valence-electron chi connectivity index (χ2n) is 5.54. The number of benzene rings is 1. The van der Waals surface area contributed by atoms with E-state index in [1.807, 2.05) is 39.0 Å². The summed E-state index contributed by atoms with van der Waals surface area (Å²) in [6, 6.07) is 5.82. The van der Waals surface area contributed by atoms with Crippen molar-refractivity contribution in [2.24, 2.45) is 5.92 Å². The lowest BCUT2D eigenvalue weighted by Crippen LogP contribution is -2.43. The zero-order valence-corrected chi connectivity index (χ0v) is 11.9. The van der Waals surface area contributed by atoms with E-state index in [1.54, 1.807) is 4.90 Å². The van der Waals surface area contributed by atoms with Crippen LogP contribution in [0, 0.1) is 19.8 Å². The number of rotatable bonds is 3. The van der Waals surface area contributed by atoms with Gasteiger partial charge in [0.1, 0.15) is 0 Å². The molecule has 3 nitrogen and oxygen atoms in total. The van der Waals surface area contributed by atoms with Gasteiger partial charge in [-0.2, -0.15) is 0 Å². The average Bonchev–Trinajstić information content (AvgIpc) is 2.34. The molecule has 102 valence electrons. The van der Waals surface area contributed by atoms with Crippen LogP contribution >= 0.6 is 0 Å². The van der Waals surface area contributed by atoms with Crippen molar-refractivity contribution in [3.63, 3.8) is 0 Å². The van der Waals surface area contributed by atoms with Crippen molar-refractivity contribution in [1.29, 1.82) is 0 Å². The van der Waals surface area contributed by atoms with Crippen LogP contribution in [0.15, 0.2) is 18.2 Å². The molecule has 1 amide bonds. The van der Waals surface area contributed by atoms with Gasteiger partial charge in [0.2, 0.25) is 5.91 Å². The lowest BCUT2D eigenvalue weighted by atomic mass is 9.97. The van der Waals surface area contributed by atoms with Gasteiger partial charge < -0.3 is 4.90 Å². The third-order valence-electron chi connectivity index (χ3n) is 3.82. The Morgan fingerprint density at radius 2 is 2.11 bits per heavy atom. The molecule has 2 rings (SSSR count). The predicted molar refractivity (Wildman–Crippen MR) is 75.2 cm³/mol. The number of carbonyl (C=O) groups excluding carboxylic acids is 2. The number of aryl methyl sites for hydroxylation is 2. The van der Waals surface area contributed by atoms with Gasteiger partial charge in [-0.15, -0.1) is 0 Å². The molecule has 0 saturated carbocycles.